The van der Waals surface area contributed by atoms with Gasteiger partial charge in [0.1, 0.15) is 6.04 Å². The molecule has 0 fully saturated rings. The predicted molar refractivity (Wildman–Crippen MR) is 110 cm³/mol. The van der Waals surface area contributed by atoms with Crippen LogP contribution in [0.3, 0.4) is 0 Å². The van der Waals surface area contributed by atoms with Crippen LogP contribution >= 0.6 is 31.9 Å². The van der Waals surface area contributed by atoms with E-state index in [0.29, 0.717) is 5.56 Å². The second-order valence-corrected chi connectivity index (χ2v) is 9.00. The maximum Gasteiger partial charge on any atom is 0.326 e. The number of benzene rings is 2. The van der Waals surface area contributed by atoms with Crippen molar-refractivity contribution in [3.8, 4) is 0 Å². The molecule has 0 aromatic heterocycles. The number of amides is 1. The average molecular weight is 483 g/mol. The van der Waals surface area contributed by atoms with Gasteiger partial charge in [0.15, 0.2) is 0 Å². The molecular weight excluding hydrogens is 462 g/mol. The van der Waals surface area contributed by atoms with Crippen molar-refractivity contribution < 1.29 is 14.7 Å². The largest absolute Gasteiger partial charge is 0.480 e. The van der Waals surface area contributed by atoms with Crippen LogP contribution in [0.2, 0.25) is 0 Å². The molecule has 0 unspecified atom stereocenters. The van der Waals surface area contributed by atoms with E-state index in [2.05, 4.69) is 57.9 Å². The Kier molecular flexibility index (Phi) is 6.64. The molecular formula is C20H21Br2NO3. The van der Waals surface area contributed by atoms with Crippen molar-refractivity contribution in [2.45, 2.75) is 38.6 Å². The first kappa shape index (κ1) is 20.6. The summed E-state index contributed by atoms with van der Waals surface area (Å²) in [5, 5.41) is 12.1. The third-order valence-electron chi connectivity index (χ3n) is 3.99. The quantitative estimate of drug-likeness (QED) is 0.634. The monoisotopic (exact) mass is 481 g/mol. The Morgan fingerprint density at radius 2 is 1.58 bits per heavy atom. The van der Waals surface area contributed by atoms with Gasteiger partial charge >= 0.3 is 5.97 Å². The maximum atomic E-state index is 12.4. The molecule has 26 heavy (non-hydrogen) atoms. The summed E-state index contributed by atoms with van der Waals surface area (Å²) in [6, 6.07) is 11.9. The minimum atomic E-state index is -1.06. The van der Waals surface area contributed by atoms with Gasteiger partial charge in [-0.25, -0.2) is 4.79 Å². The molecule has 0 saturated carbocycles. The first-order chi connectivity index (χ1) is 12.1. The van der Waals surface area contributed by atoms with Crippen LogP contribution < -0.4 is 5.32 Å². The molecule has 0 spiro atoms. The zero-order valence-electron chi connectivity index (χ0n) is 14.8. The summed E-state index contributed by atoms with van der Waals surface area (Å²) in [4.78, 5) is 24.0. The minimum Gasteiger partial charge on any atom is -0.480 e. The fourth-order valence-corrected chi connectivity index (χ4v) is 3.80. The van der Waals surface area contributed by atoms with Gasteiger partial charge in [-0.3, -0.25) is 4.79 Å². The number of carbonyl (C=O) groups excluding carboxylic acids is 1. The molecule has 0 aliphatic carbocycles. The minimum absolute atomic E-state index is 0.0347. The van der Waals surface area contributed by atoms with E-state index in [1.807, 2.05) is 30.3 Å². The molecule has 0 radical (unpaired) electrons. The topological polar surface area (TPSA) is 66.4 Å². The van der Waals surface area contributed by atoms with E-state index in [-0.39, 0.29) is 11.8 Å². The lowest BCUT2D eigenvalue weighted by molar-refractivity contribution is -0.139. The Labute approximate surface area is 170 Å². The van der Waals surface area contributed by atoms with Gasteiger partial charge < -0.3 is 10.4 Å². The van der Waals surface area contributed by atoms with Crippen molar-refractivity contribution in [1.29, 1.82) is 0 Å². The molecule has 2 aromatic rings. The second-order valence-electron chi connectivity index (χ2n) is 7.17. The first-order valence-corrected chi connectivity index (χ1v) is 9.74. The van der Waals surface area contributed by atoms with Crippen molar-refractivity contribution in [2.75, 3.05) is 0 Å². The van der Waals surface area contributed by atoms with Gasteiger partial charge in [0, 0.05) is 20.9 Å². The summed E-state index contributed by atoms with van der Waals surface area (Å²) in [5.41, 5.74) is 2.46. The normalized spacial score (nSPS) is 12.5. The van der Waals surface area contributed by atoms with Crippen LogP contribution in [0, 0.1) is 0 Å². The summed E-state index contributed by atoms with van der Waals surface area (Å²) >= 11 is 6.65. The summed E-state index contributed by atoms with van der Waals surface area (Å²) in [6.07, 6.45) is 0.223. The van der Waals surface area contributed by atoms with Crippen molar-refractivity contribution in [2.24, 2.45) is 0 Å². The van der Waals surface area contributed by atoms with E-state index in [4.69, 9.17) is 0 Å². The highest BCUT2D eigenvalue weighted by Crippen LogP contribution is 2.23. The molecule has 1 amide bonds. The van der Waals surface area contributed by atoms with Crippen molar-refractivity contribution >= 4 is 43.7 Å². The van der Waals surface area contributed by atoms with Crippen LogP contribution in [-0.2, 0) is 16.6 Å². The molecule has 0 heterocycles. The van der Waals surface area contributed by atoms with Crippen LogP contribution in [0.15, 0.2) is 51.4 Å². The Hall–Kier alpha value is -1.66. The van der Waals surface area contributed by atoms with Gasteiger partial charge in [-0.15, -0.1) is 0 Å². The van der Waals surface area contributed by atoms with Gasteiger partial charge in [0.25, 0.3) is 5.91 Å². The number of carboxylic acid groups (broad SMARTS) is 1. The Morgan fingerprint density at radius 1 is 1.04 bits per heavy atom. The molecule has 2 N–H and O–H groups in total. The molecule has 0 saturated heterocycles. The number of rotatable bonds is 5. The lowest BCUT2D eigenvalue weighted by Gasteiger charge is -2.20. The van der Waals surface area contributed by atoms with Crippen LogP contribution in [0.1, 0.15) is 42.3 Å². The standard InChI is InChI=1S/C20H21Br2NO3/c1-20(2,3)14-6-4-12(5-7-14)8-17(19(25)26)23-18(24)13-9-15(21)11-16(22)10-13/h4-7,9-11,17H,8H2,1-3H3,(H,23,24)(H,25,26)/t17-/m1/s1. The lowest BCUT2D eigenvalue weighted by Crippen LogP contribution is -2.42. The summed E-state index contributed by atoms with van der Waals surface area (Å²) in [6.45, 7) is 6.37. The van der Waals surface area contributed by atoms with E-state index < -0.39 is 17.9 Å². The zero-order chi connectivity index (χ0) is 19.5. The van der Waals surface area contributed by atoms with Gasteiger partial charge in [0.2, 0.25) is 0 Å². The fraction of sp³-hybridized carbons (Fsp3) is 0.300. The molecule has 6 heteroatoms. The maximum absolute atomic E-state index is 12.4. The van der Waals surface area contributed by atoms with Crippen molar-refractivity contribution in [3.63, 3.8) is 0 Å². The van der Waals surface area contributed by atoms with E-state index in [1.54, 1.807) is 12.1 Å². The van der Waals surface area contributed by atoms with Gasteiger partial charge in [-0.05, 0) is 34.7 Å². The molecule has 2 rings (SSSR count). The Bertz CT molecular complexity index is 791. The van der Waals surface area contributed by atoms with Crippen LogP contribution in [0.5, 0.6) is 0 Å². The van der Waals surface area contributed by atoms with Gasteiger partial charge in [-0.2, -0.15) is 0 Å². The van der Waals surface area contributed by atoms with Gasteiger partial charge in [-0.1, -0.05) is 76.9 Å². The number of carboxylic acids is 1. The Morgan fingerprint density at radius 3 is 2.04 bits per heavy atom. The average Bonchev–Trinajstić information content (AvgIpc) is 2.52. The zero-order valence-corrected chi connectivity index (χ0v) is 18.0. The number of halogens is 2. The SMILES string of the molecule is CC(C)(C)c1ccc(C[C@@H](NC(=O)c2cc(Br)cc(Br)c2)C(=O)O)cc1. The van der Waals surface area contributed by atoms with E-state index in [0.717, 1.165) is 14.5 Å². The number of hydrogen-bond acceptors (Lipinski definition) is 2. The van der Waals surface area contributed by atoms with E-state index >= 15 is 0 Å². The van der Waals surface area contributed by atoms with Crippen LogP contribution in [0.25, 0.3) is 0 Å². The first-order valence-electron chi connectivity index (χ1n) is 8.15. The molecule has 138 valence electrons. The predicted octanol–water partition coefficient (Wildman–Crippen LogP) is 4.93. The van der Waals surface area contributed by atoms with Gasteiger partial charge in [0.05, 0.1) is 0 Å². The number of nitrogens with one attached hydrogen (secondary N) is 1. The number of carbonyl (C=O) groups is 2. The third kappa shape index (κ3) is 5.68. The smallest absolute Gasteiger partial charge is 0.326 e. The summed E-state index contributed by atoms with van der Waals surface area (Å²) in [5.74, 6) is -1.49. The summed E-state index contributed by atoms with van der Waals surface area (Å²) in [7, 11) is 0. The highest BCUT2D eigenvalue weighted by molar-refractivity contribution is 9.11. The Balaban J connectivity index is 2.14. The summed E-state index contributed by atoms with van der Waals surface area (Å²) < 4.78 is 1.48. The third-order valence-corrected chi connectivity index (χ3v) is 4.90. The van der Waals surface area contributed by atoms with Crippen LogP contribution in [-0.4, -0.2) is 23.0 Å². The molecule has 0 aliphatic rings. The molecule has 2 aromatic carbocycles. The molecule has 1 atom stereocenters. The number of aliphatic carboxylic acids is 1. The van der Waals surface area contributed by atoms with E-state index in [1.165, 1.54) is 5.56 Å². The highest BCUT2D eigenvalue weighted by atomic mass is 79.9. The van der Waals surface area contributed by atoms with Crippen molar-refractivity contribution in [3.05, 3.63) is 68.1 Å². The van der Waals surface area contributed by atoms with E-state index in [9.17, 15) is 14.7 Å². The second kappa shape index (κ2) is 8.35. The lowest BCUT2D eigenvalue weighted by atomic mass is 9.86. The molecule has 0 aliphatic heterocycles. The highest BCUT2D eigenvalue weighted by Gasteiger charge is 2.22. The van der Waals surface area contributed by atoms with Crippen LogP contribution in [0.4, 0.5) is 0 Å². The molecule has 4 nitrogen and oxygen atoms in total. The fourth-order valence-electron chi connectivity index (χ4n) is 2.50. The molecule has 0 bridgehead atoms. The number of hydrogen-bond donors (Lipinski definition) is 2. The van der Waals surface area contributed by atoms with Crippen molar-refractivity contribution in [1.82, 2.24) is 5.32 Å².